The van der Waals surface area contributed by atoms with Gasteiger partial charge >= 0.3 is 0 Å². The molecule has 4 aliphatic rings. The molecule has 0 spiro atoms. The molecule has 10 nitrogen and oxygen atoms in total. The summed E-state index contributed by atoms with van der Waals surface area (Å²) in [6.07, 6.45) is 8.10. The Morgan fingerprint density at radius 1 is 0.782 bits per heavy atom. The average Bonchev–Trinajstić information content (AvgIpc) is 3.69. The van der Waals surface area contributed by atoms with Crippen molar-refractivity contribution in [2.45, 2.75) is 118 Å². The minimum Gasteiger partial charge on any atom is -0.493 e. The van der Waals surface area contributed by atoms with Gasteiger partial charge in [-0.05, 0) is 74.8 Å². The molecule has 0 N–H and O–H groups in total. The molecule has 298 valence electrons. The highest BCUT2D eigenvalue weighted by atomic mass is 16.5. The number of amides is 2. The molecule has 0 aliphatic carbocycles. The number of carbonyl (C=O) groups is 2. The SMILES string of the molecule is C=C1CC2C=Nc3cc(OCC(C)(C)CCC(C)(C)CCOc4cc5c(cc4OC)C(=O)N4CC(=C)C[C@H]4C(C)N5C(CC)CC)c(OC)cc3C(=O)N2C1. The molecule has 4 aliphatic heterocycles. The molecular weight excluding hydrogens is 693 g/mol. The highest BCUT2D eigenvalue weighted by Gasteiger charge is 2.44. The standard InChI is InChI=1S/C45H62N4O6/c1-12-31(13-2)49-30(5)36-19-29(4)26-48(36)43(51)34-21-39(53-11)41(23-37(34)49)54-17-16-44(6,7)14-15-45(8,9)27-55-40-22-35-33(20-38(40)52-10)42(50)47-25-28(3)18-32(47)24-46-35/h20-24,30-32,36H,3-4,12-19,25-27H2,1-2,5-11H3/t30?,32?,36-/m0/s1. The number of rotatable bonds is 15. The number of fused-ring (bicyclic) bond motifs is 4. The van der Waals surface area contributed by atoms with Crippen molar-refractivity contribution in [3.63, 3.8) is 0 Å². The van der Waals surface area contributed by atoms with E-state index in [9.17, 15) is 9.59 Å². The summed E-state index contributed by atoms with van der Waals surface area (Å²) in [6, 6.07) is 7.95. The highest BCUT2D eigenvalue weighted by Crippen LogP contribution is 2.44. The lowest BCUT2D eigenvalue weighted by atomic mass is 9.78. The van der Waals surface area contributed by atoms with E-state index in [1.54, 1.807) is 20.3 Å². The van der Waals surface area contributed by atoms with Gasteiger partial charge in [0.25, 0.3) is 11.8 Å². The first-order valence-corrected chi connectivity index (χ1v) is 20.1. The summed E-state index contributed by atoms with van der Waals surface area (Å²) in [5, 5.41) is 0. The number of methoxy groups -OCH3 is 2. The van der Waals surface area contributed by atoms with Crippen LogP contribution in [-0.2, 0) is 0 Å². The summed E-state index contributed by atoms with van der Waals surface area (Å²) in [5.74, 6) is 2.32. The molecule has 2 saturated heterocycles. The monoisotopic (exact) mass is 754 g/mol. The maximum Gasteiger partial charge on any atom is 0.257 e. The molecule has 0 aromatic heterocycles. The molecule has 2 aromatic rings. The summed E-state index contributed by atoms with van der Waals surface area (Å²) < 4.78 is 24.5. The number of aliphatic imine (C=N–C) groups is 1. The normalized spacial score (nSPS) is 21.0. The van der Waals surface area contributed by atoms with E-state index >= 15 is 0 Å². The third-order valence-electron chi connectivity index (χ3n) is 12.3. The predicted octanol–water partition coefficient (Wildman–Crippen LogP) is 9.04. The minimum absolute atomic E-state index is 0.00904. The maximum atomic E-state index is 14.0. The summed E-state index contributed by atoms with van der Waals surface area (Å²) in [4.78, 5) is 38.4. The fraction of sp³-hybridized carbons (Fsp3) is 0.578. The molecule has 2 aromatic carbocycles. The molecule has 0 radical (unpaired) electrons. The van der Waals surface area contributed by atoms with Crippen molar-refractivity contribution in [2.24, 2.45) is 15.8 Å². The van der Waals surface area contributed by atoms with E-state index < -0.39 is 0 Å². The molecule has 2 amide bonds. The molecule has 10 heteroatoms. The van der Waals surface area contributed by atoms with E-state index in [2.05, 4.69) is 71.5 Å². The lowest BCUT2D eigenvalue weighted by Crippen LogP contribution is -2.50. The Morgan fingerprint density at radius 2 is 1.38 bits per heavy atom. The molecule has 2 fully saturated rings. The molecular formula is C45H62N4O6. The third kappa shape index (κ3) is 8.24. The molecule has 3 atom stereocenters. The lowest BCUT2D eigenvalue weighted by Gasteiger charge is -2.40. The fourth-order valence-electron chi connectivity index (χ4n) is 8.65. The van der Waals surface area contributed by atoms with E-state index in [0.29, 0.717) is 66.1 Å². The van der Waals surface area contributed by atoms with Crippen LogP contribution in [0.4, 0.5) is 11.4 Å². The Morgan fingerprint density at radius 3 is 2.05 bits per heavy atom. The maximum absolute atomic E-state index is 14.0. The number of ether oxygens (including phenoxy) is 4. The van der Waals surface area contributed by atoms with Crippen LogP contribution in [0.25, 0.3) is 0 Å². The zero-order chi connectivity index (χ0) is 39.8. The van der Waals surface area contributed by atoms with E-state index in [1.807, 2.05) is 34.2 Å². The Hall–Kier alpha value is -4.47. The van der Waals surface area contributed by atoms with Gasteiger partial charge in [-0.2, -0.15) is 0 Å². The Bertz CT molecular complexity index is 1840. The van der Waals surface area contributed by atoms with Gasteiger partial charge in [-0.25, -0.2) is 0 Å². The fourth-order valence-corrected chi connectivity index (χ4v) is 8.65. The van der Waals surface area contributed by atoms with Crippen LogP contribution in [0.2, 0.25) is 0 Å². The van der Waals surface area contributed by atoms with Gasteiger partial charge in [0.05, 0.1) is 62.0 Å². The summed E-state index contributed by atoms with van der Waals surface area (Å²) in [5.41, 5.74) is 4.71. The zero-order valence-electron chi connectivity index (χ0n) is 34.6. The smallest absolute Gasteiger partial charge is 0.257 e. The second kappa shape index (κ2) is 15.9. The van der Waals surface area contributed by atoms with Gasteiger partial charge in [-0.15, -0.1) is 0 Å². The second-order valence-corrected chi connectivity index (χ2v) is 17.6. The predicted molar refractivity (Wildman–Crippen MR) is 220 cm³/mol. The second-order valence-electron chi connectivity index (χ2n) is 17.6. The molecule has 0 saturated carbocycles. The largest absolute Gasteiger partial charge is 0.493 e. The van der Waals surface area contributed by atoms with Gasteiger partial charge in [-0.3, -0.25) is 14.6 Å². The lowest BCUT2D eigenvalue weighted by molar-refractivity contribution is 0.0730. The van der Waals surface area contributed by atoms with Crippen molar-refractivity contribution >= 4 is 29.4 Å². The van der Waals surface area contributed by atoms with Gasteiger partial charge in [0.2, 0.25) is 0 Å². The van der Waals surface area contributed by atoms with Gasteiger partial charge in [-0.1, -0.05) is 65.8 Å². The summed E-state index contributed by atoms with van der Waals surface area (Å²) in [7, 11) is 3.24. The van der Waals surface area contributed by atoms with Crippen LogP contribution in [0.15, 0.2) is 53.6 Å². The van der Waals surface area contributed by atoms with Crippen molar-refractivity contribution < 1.29 is 28.5 Å². The molecule has 2 unspecified atom stereocenters. The third-order valence-corrected chi connectivity index (χ3v) is 12.3. The first-order chi connectivity index (χ1) is 26.1. The Labute approximate surface area is 328 Å². The first-order valence-electron chi connectivity index (χ1n) is 20.1. The van der Waals surface area contributed by atoms with Crippen molar-refractivity contribution in [3.8, 4) is 23.0 Å². The van der Waals surface area contributed by atoms with Crippen LogP contribution >= 0.6 is 0 Å². The molecule has 0 bridgehead atoms. The number of carbonyl (C=O) groups excluding carboxylic acids is 2. The van der Waals surface area contributed by atoms with Crippen molar-refractivity contribution in [2.75, 3.05) is 45.4 Å². The van der Waals surface area contributed by atoms with Gasteiger partial charge < -0.3 is 33.6 Å². The number of benzene rings is 2. The van der Waals surface area contributed by atoms with Crippen molar-refractivity contribution in [3.05, 3.63) is 59.7 Å². The molecule has 4 heterocycles. The Balaban J connectivity index is 1.10. The number of nitrogens with zero attached hydrogens (tertiary/aromatic N) is 4. The molecule has 55 heavy (non-hydrogen) atoms. The van der Waals surface area contributed by atoms with Crippen LogP contribution < -0.4 is 23.8 Å². The van der Waals surface area contributed by atoms with Crippen LogP contribution in [0.5, 0.6) is 23.0 Å². The van der Waals surface area contributed by atoms with E-state index in [1.165, 1.54) is 0 Å². The number of hydrogen-bond acceptors (Lipinski definition) is 8. The summed E-state index contributed by atoms with van der Waals surface area (Å²) >= 11 is 0. The quantitative estimate of drug-likeness (QED) is 0.168. The van der Waals surface area contributed by atoms with Crippen LogP contribution in [0, 0.1) is 10.8 Å². The average molecular weight is 755 g/mol. The topological polar surface area (TPSA) is 93.1 Å². The van der Waals surface area contributed by atoms with Crippen LogP contribution in [-0.4, -0.2) is 92.5 Å². The Kier molecular flexibility index (Phi) is 11.7. The van der Waals surface area contributed by atoms with E-state index in [-0.39, 0.29) is 46.8 Å². The minimum atomic E-state index is -0.138. The highest BCUT2D eigenvalue weighted by molar-refractivity contribution is 6.04. The van der Waals surface area contributed by atoms with Crippen LogP contribution in [0.3, 0.4) is 0 Å². The van der Waals surface area contributed by atoms with E-state index in [4.69, 9.17) is 18.9 Å². The van der Waals surface area contributed by atoms with Gasteiger partial charge in [0.15, 0.2) is 23.0 Å². The van der Waals surface area contributed by atoms with Gasteiger partial charge in [0, 0.05) is 43.5 Å². The first kappa shape index (κ1) is 40.2. The van der Waals surface area contributed by atoms with Gasteiger partial charge in [0.1, 0.15) is 0 Å². The van der Waals surface area contributed by atoms with Crippen LogP contribution in [0.1, 0.15) is 114 Å². The zero-order valence-corrected chi connectivity index (χ0v) is 34.6. The van der Waals surface area contributed by atoms with Crippen molar-refractivity contribution in [1.29, 1.82) is 0 Å². The number of anilines is 1. The summed E-state index contributed by atoms with van der Waals surface area (Å²) in [6.45, 7) is 26.1. The number of hydrogen-bond donors (Lipinski definition) is 0. The van der Waals surface area contributed by atoms with Crippen molar-refractivity contribution in [1.82, 2.24) is 9.80 Å². The molecule has 6 rings (SSSR count). The van der Waals surface area contributed by atoms with E-state index in [0.717, 1.165) is 61.8 Å².